The molecule has 3 rings (SSSR count). The Bertz CT molecular complexity index is 906. The number of hydrogen-bond donors (Lipinski definition) is 1. The van der Waals surface area contributed by atoms with Crippen LogP contribution in [0.5, 0.6) is 0 Å². The number of rotatable bonds is 8. The molecule has 0 bridgehead atoms. The van der Waals surface area contributed by atoms with Gasteiger partial charge in [-0.05, 0) is 28.3 Å². The largest absolute Gasteiger partial charge is 0.358 e. The Morgan fingerprint density at radius 1 is 0.964 bits per heavy atom. The van der Waals surface area contributed by atoms with E-state index in [-0.39, 0.29) is 5.91 Å². The number of amides is 1. The van der Waals surface area contributed by atoms with Crippen molar-refractivity contribution in [2.75, 3.05) is 13.6 Å². The molecule has 0 aliphatic rings. The lowest BCUT2D eigenvalue weighted by atomic mass is 9.97. The van der Waals surface area contributed by atoms with E-state index in [0.29, 0.717) is 13.1 Å². The summed E-state index contributed by atoms with van der Waals surface area (Å²) in [4.78, 5) is 15.0. The summed E-state index contributed by atoms with van der Waals surface area (Å²) in [6, 6.07) is 28.3. The summed E-state index contributed by atoms with van der Waals surface area (Å²) in [6.07, 6.45) is 1.85. The van der Waals surface area contributed by atoms with Crippen LogP contribution in [0.1, 0.15) is 17.2 Å². The van der Waals surface area contributed by atoms with E-state index in [4.69, 9.17) is 0 Å². The van der Waals surface area contributed by atoms with Gasteiger partial charge in [0.2, 0.25) is 5.91 Å². The molecule has 3 nitrogen and oxygen atoms in total. The van der Waals surface area contributed by atoms with Crippen LogP contribution in [0, 0.1) is 0 Å². The summed E-state index contributed by atoms with van der Waals surface area (Å²) in [5, 5.41) is 2.83. The van der Waals surface area contributed by atoms with E-state index >= 15 is 0 Å². The zero-order valence-corrected chi connectivity index (χ0v) is 16.2. The summed E-state index contributed by atoms with van der Waals surface area (Å²) in [5.41, 5.74) is 4.37. The predicted octanol–water partition coefficient (Wildman–Crippen LogP) is 4.83. The van der Waals surface area contributed by atoms with Crippen LogP contribution >= 0.6 is 0 Å². The van der Waals surface area contributed by atoms with Crippen molar-refractivity contribution in [3.8, 4) is 11.1 Å². The highest BCUT2D eigenvalue weighted by Crippen LogP contribution is 2.28. The minimum absolute atomic E-state index is 0.0250. The fourth-order valence-corrected chi connectivity index (χ4v) is 3.43. The molecule has 1 atom stereocenters. The van der Waals surface area contributed by atoms with Crippen LogP contribution in [0.25, 0.3) is 11.1 Å². The van der Waals surface area contributed by atoms with Crippen LogP contribution in [0.4, 0.5) is 0 Å². The Labute approximate surface area is 167 Å². The molecule has 3 aromatic rings. The number of nitrogens with zero attached hydrogens (tertiary/aromatic N) is 1. The summed E-state index contributed by atoms with van der Waals surface area (Å²) in [6.45, 7) is 5.18. The second kappa shape index (κ2) is 9.67. The molecule has 142 valence electrons. The highest BCUT2D eigenvalue weighted by Gasteiger charge is 2.26. The molecule has 1 amide bonds. The van der Waals surface area contributed by atoms with E-state index in [1.165, 1.54) is 0 Å². The first-order chi connectivity index (χ1) is 13.7. The number of hydrogen-bond acceptors (Lipinski definition) is 2. The smallest absolute Gasteiger partial charge is 0.241 e. The predicted molar refractivity (Wildman–Crippen MR) is 116 cm³/mol. The molecule has 0 aliphatic heterocycles. The van der Waals surface area contributed by atoms with Crippen LogP contribution in [-0.4, -0.2) is 24.4 Å². The van der Waals surface area contributed by atoms with Gasteiger partial charge >= 0.3 is 0 Å². The Morgan fingerprint density at radius 2 is 1.61 bits per heavy atom. The molecule has 1 unspecified atom stereocenters. The fraction of sp³-hybridized carbons (Fsp3) is 0.160. The van der Waals surface area contributed by atoms with Gasteiger partial charge in [0.15, 0.2) is 0 Å². The van der Waals surface area contributed by atoms with E-state index < -0.39 is 6.04 Å². The molecule has 0 aliphatic carbocycles. The lowest BCUT2D eigenvalue weighted by Gasteiger charge is -2.30. The molecule has 3 heteroatoms. The van der Waals surface area contributed by atoms with Crippen LogP contribution in [0.2, 0.25) is 0 Å². The van der Waals surface area contributed by atoms with Gasteiger partial charge in [-0.2, -0.15) is 0 Å². The number of likely N-dealkylation sites (N-methyl/N-ethyl adjacent to an activating group) is 1. The summed E-state index contributed by atoms with van der Waals surface area (Å²) < 4.78 is 0. The first-order valence-electron chi connectivity index (χ1n) is 9.48. The van der Waals surface area contributed by atoms with Gasteiger partial charge in [0.05, 0.1) is 0 Å². The number of benzene rings is 3. The topological polar surface area (TPSA) is 32.3 Å². The van der Waals surface area contributed by atoms with Gasteiger partial charge in [-0.3, -0.25) is 9.69 Å². The second-order valence-electron chi connectivity index (χ2n) is 6.71. The van der Waals surface area contributed by atoms with Gasteiger partial charge in [0.25, 0.3) is 0 Å². The van der Waals surface area contributed by atoms with E-state index in [0.717, 1.165) is 22.3 Å². The maximum atomic E-state index is 12.9. The first-order valence-corrected chi connectivity index (χ1v) is 9.48. The van der Waals surface area contributed by atoms with Crippen molar-refractivity contribution in [3.63, 3.8) is 0 Å². The third kappa shape index (κ3) is 4.76. The van der Waals surface area contributed by atoms with Crippen LogP contribution in [0.15, 0.2) is 97.6 Å². The van der Waals surface area contributed by atoms with E-state index in [1.54, 1.807) is 7.05 Å². The van der Waals surface area contributed by atoms with Crippen molar-refractivity contribution in [1.82, 2.24) is 10.2 Å². The quantitative estimate of drug-likeness (QED) is 0.576. The molecule has 0 fully saturated rings. The Morgan fingerprint density at radius 3 is 2.25 bits per heavy atom. The van der Waals surface area contributed by atoms with Gasteiger partial charge in [0, 0.05) is 20.1 Å². The Kier molecular flexibility index (Phi) is 6.77. The third-order valence-electron chi connectivity index (χ3n) is 4.76. The van der Waals surface area contributed by atoms with Crippen LogP contribution < -0.4 is 5.32 Å². The minimum Gasteiger partial charge on any atom is -0.358 e. The lowest BCUT2D eigenvalue weighted by Crippen LogP contribution is -2.39. The highest BCUT2D eigenvalue weighted by atomic mass is 16.2. The van der Waals surface area contributed by atoms with Gasteiger partial charge in [0.1, 0.15) is 6.04 Å². The maximum Gasteiger partial charge on any atom is 0.241 e. The molecule has 0 saturated heterocycles. The molecule has 0 spiro atoms. The van der Waals surface area contributed by atoms with Gasteiger partial charge in [-0.1, -0.05) is 84.9 Å². The first kappa shape index (κ1) is 19.6. The Balaban J connectivity index is 1.98. The zero-order valence-electron chi connectivity index (χ0n) is 16.2. The number of nitrogens with one attached hydrogen (secondary N) is 1. The zero-order chi connectivity index (χ0) is 19.8. The highest BCUT2D eigenvalue weighted by molar-refractivity contribution is 5.83. The standard InChI is InChI=1S/C25H26N2O/c1-3-17-27(19-20-11-6-4-7-12-20)24(25(28)26-2)23-16-10-15-22(18-23)21-13-8-5-9-14-21/h3-16,18,24H,1,17,19H2,2H3,(H,26,28). The molecule has 28 heavy (non-hydrogen) atoms. The second-order valence-corrected chi connectivity index (χ2v) is 6.71. The van der Waals surface area contributed by atoms with Gasteiger partial charge in [-0.25, -0.2) is 0 Å². The SMILES string of the molecule is C=CCN(Cc1ccccc1)C(C(=O)NC)c1cccc(-c2ccccc2)c1. The average molecular weight is 370 g/mol. The van der Waals surface area contributed by atoms with Crippen molar-refractivity contribution in [2.24, 2.45) is 0 Å². The number of carbonyl (C=O) groups excluding carboxylic acids is 1. The van der Waals surface area contributed by atoms with Crippen molar-refractivity contribution >= 4 is 5.91 Å². The normalized spacial score (nSPS) is 11.8. The molecular weight excluding hydrogens is 344 g/mol. The van der Waals surface area contributed by atoms with E-state index in [2.05, 4.69) is 53.2 Å². The summed E-state index contributed by atoms with van der Waals surface area (Å²) >= 11 is 0. The van der Waals surface area contributed by atoms with Crippen molar-refractivity contribution in [2.45, 2.75) is 12.6 Å². The summed E-state index contributed by atoms with van der Waals surface area (Å²) in [7, 11) is 1.69. The Hall–Kier alpha value is -3.17. The van der Waals surface area contributed by atoms with Crippen molar-refractivity contribution in [3.05, 3.63) is 109 Å². The van der Waals surface area contributed by atoms with Gasteiger partial charge in [-0.15, -0.1) is 6.58 Å². The monoisotopic (exact) mass is 370 g/mol. The number of carbonyl (C=O) groups is 1. The van der Waals surface area contributed by atoms with Crippen molar-refractivity contribution < 1.29 is 4.79 Å². The molecule has 1 N–H and O–H groups in total. The lowest BCUT2D eigenvalue weighted by molar-refractivity contribution is -0.126. The molecule has 3 aromatic carbocycles. The van der Waals surface area contributed by atoms with E-state index in [9.17, 15) is 4.79 Å². The molecule has 0 radical (unpaired) electrons. The summed E-state index contributed by atoms with van der Waals surface area (Å²) in [5.74, 6) is -0.0250. The van der Waals surface area contributed by atoms with Gasteiger partial charge < -0.3 is 5.32 Å². The molecule has 0 aromatic heterocycles. The molecular formula is C25H26N2O. The van der Waals surface area contributed by atoms with Crippen molar-refractivity contribution in [1.29, 1.82) is 0 Å². The van der Waals surface area contributed by atoms with E-state index in [1.807, 2.05) is 54.6 Å². The van der Waals surface area contributed by atoms with Crippen LogP contribution in [-0.2, 0) is 11.3 Å². The molecule has 0 heterocycles. The fourth-order valence-electron chi connectivity index (χ4n) is 3.43. The third-order valence-corrected chi connectivity index (χ3v) is 4.76. The average Bonchev–Trinajstić information content (AvgIpc) is 2.75. The molecule has 0 saturated carbocycles. The minimum atomic E-state index is -0.396. The maximum absolute atomic E-state index is 12.9. The van der Waals surface area contributed by atoms with Crippen LogP contribution in [0.3, 0.4) is 0 Å².